The second kappa shape index (κ2) is 6.70. The van der Waals surface area contributed by atoms with Crippen LogP contribution in [0.1, 0.15) is 48.1 Å². The summed E-state index contributed by atoms with van der Waals surface area (Å²) in [6.07, 6.45) is 5.85. The molecule has 1 unspecified atom stereocenters. The first kappa shape index (κ1) is 16.0. The monoisotopic (exact) mass is 333 g/mol. The van der Waals surface area contributed by atoms with Gasteiger partial charge < -0.3 is 10.2 Å². The van der Waals surface area contributed by atoms with Crippen molar-refractivity contribution in [3.05, 3.63) is 34.0 Å². The number of hydrogen-bond donors (Lipinski definition) is 1. The van der Waals surface area contributed by atoms with E-state index in [1.807, 2.05) is 41.9 Å². The van der Waals surface area contributed by atoms with Gasteiger partial charge in [-0.2, -0.15) is 5.10 Å². The number of thiazole rings is 1. The molecule has 2 aromatic heterocycles. The molecule has 1 atom stereocenters. The number of nitrogens with one attached hydrogen (secondary N) is 1. The molecule has 23 heavy (non-hydrogen) atoms. The summed E-state index contributed by atoms with van der Waals surface area (Å²) < 4.78 is 2.03. The van der Waals surface area contributed by atoms with Crippen molar-refractivity contribution in [2.45, 2.75) is 45.7 Å². The zero-order valence-electron chi connectivity index (χ0n) is 13.8. The molecule has 0 aliphatic carbocycles. The maximum atomic E-state index is 12.4. The Balaban J connectivity index is 1.52. The van der Waals surface area contributed by atoms with Gasteiger partial charge in [0, 0.05) is 24.7 Å². The number of aryl methyl sites for hydroxylation is 2. The Hall–Kier alpha value is -1.89. The molecule has 1 N–H and O–H groups in total. The van der Waals surface area contributed by atoms with Crippen molar-refractivity contribution in [3.63, 3.8) is 0 Å². The number of carbonyl (C=O) groups excluding carboxylic acids is 1. The van der Waals surface area contributed by atoms with Crippen LogP contribution in [0.15, 0.2) is 17.8 Å². The largest absolute Gasteiger partial charge is 0.330 e. The van der Waals surface area contributed by atoms with Crippen LogP contribution in [-0.2, 0) is 0 Å². The molecule has 1 aliphatic heterocycles. The van der Waals surface area contributed by atoms with E-state index in [9.17, 15) is 4.79 Å². The van der Waals surface area contributed by atoms with Crippen LogP contribution < -0.4 is 5.32 Å². The van der Waals surface area contributed by atoms with Gasteiger partial charge in [-0.25, -0.2) is 9.78 Å². The van der Waals surface area contributed by atoms with Gasteiger partial charge >= 0.3 is 6.03 Å². The van der Waals surface area contributed by atoms with Crippen LogP contribution in [0.5, 0.6) is 0 Å². The van der Waals surface area contributed by atoms with Crippen LogP contribution in [0.4, 0.5) is 4.79 Å². The van der Waals surface area contributed by atoms with Crippen LogP contribution in [0.2, 0.25) is 0 Å². The molecule has 0 spiro atoms. The lowest BCUT2D eigenvalue weighted by molar-refractivity contribution is 0.166. The summed E-state index contributed by atoms with van der Waals surface area (Å²) in [6.45, 7) is 7.53. The number of urea groups is 1. The first-order valence-electron chi connectivity index (χ1n) is 8.01. The van der Waals surface area contributed by atoms with E-state index in [0.29, 0.717) is 6.04 Å². The van der Waals surface area contributed by atoms with E-state index >= 15 is 0 Å². The Morgan fingerprint density at radius 3 is 2.70 bits per heavy atom. The SMILES string of the molecule is Cc1cnn(C2CCN(C(=O)NC(C)c3csc(C)n3)CC2)c1. The van der Waals surface area contributed by atoms with Crippen LogP contribution in [0.25, 0.3) is 0 Å². The van der Waals surface area contributed by atoms with Gasteiger partial charge in [0.25, 0.3) is 0 Å². The van der Waals surface area contributed by atoms with Gasteiger partial charge in [0.2, 0.25) is 0 Å². The highest BCUT2D eigenvalue weighted by molar-refractivity contribution is 7.09. The van der Waals surface area contributed by atoms with Gasteiger partial charge in [-0.05, 0) is 39.2 Å². The first-order valence-corrected chi connectivity index (χ1v) is 8.89. The van der Waals surface area contributed by atoms with Crippen molar-refractivity contribution >= 4 is 17.4 Å². The average molecular weight is 333 g/mol. The van der Waals surface area contributed by atoms with Gasteiger partial charge in [0.05, 0.1) is 29.0 Å². The minimum atomic E-state index is -0.0565. The van der Waals surface area contributed by atoms with Crippen molar-refractivity contribution in [2.75, 3.05) is 13.1 Å². The van der Waals surface area contributed by atoms with Crippen LogP contribution in [0.3, 0.4) is 0 Å². The molecule has 1 fully saturated rings. The van der Waals surface area contributed by atoms with E-state index in [-0.39, 0.29) is 12.1 Å². The number of aromatic nitrogens is 3. The number of likely N-dealkylation sites (tertiary alicyclic amines) is 1. The zero-order chi connectivity index (χ0) is 16.4. The zero-order valence-corrected chi connectivity index (χ0v) is 14.6. The van der Waals surface area contributed by atoms with E-state index in [0.717, 1.165) is 36.6 Å². The standard InChI is InChI=1S/C16H23N5OS/c1-11-8-17-21(9-11)14-4-6-20(7-5-14)16(22)18-12(2)15-10-23-13(3)19-15/h8-10,12,14H,4-7H2,1-3H3,(H,18,22). The van der Waals surface area contributed by atoms with Crippen LogP contribution in [-0.4, -0.2) is 38.8 Å². The topological polar surface area (TPSA) is 63.1 Å². The summed E-state index contributed by atoms with van der Waals surface area (Å²) in [4.78, 5) is 18.7. The number of rotatable bonds is 3. The number of piperidine rings is 1. The molecule has 1 aliphatic rings. The molecule has 2 amide bonds. The molecule has 6 nitrogen and oxygen atoms in total. The lowest BCUT2D eigenvalue weighted by Gasteiger charge is -2.32. The van der Waals surface area contributed by atoms with E-state index in [2.05, 4.69) is 21.6 Å². The van der Waals surface area contributed by atoms with Gasteiger partial charge in [0.15, 0.2) is 0 Å². The molecule has 3 rings (SSSR count). The van der Waals surface area contributed by atoms with E-state index in [1.165, 1.54) is 5.56 Å². The van der Waals surface area contributed by atoms with Gasteiger partial charge in [0.1, 0.15) is 0 Å². The fourth-order valence-corrected chi connectivity index (χ4v) is 3.60. The molecule has 124 valence electrons. The second-order valence-electron chi connectivity index (χ2n) is 6.18. The smallest absolute Gasteiger partial charge is 0.317 e. The number of hydrogen-bond acceptors (Lipinski definition) is 4. The third kappa shape index (κ3) is 3.72. The summed E-state index contributed by atoms with van der Waals surface area (Å²) in [7, 11) is 0. The van der Waals surface area contributed by atoms with E-state index in [1.54, 1.807) is 11.3 Å². The Kier molecular flexibility index (Phi) is 4.66. The van der Waals surface area contributed by atoms with Gasteiger partial charge in [-0.3, -0.25) is 4.68 Å². The summed E-state index contributed by atoms with van der Waals surface area (Å²) in [6, 6.07) is 0.337. The highest BCUT2D eigenvalue weighted by atomic mass is 32.1. The molecule has 0 radical (unpaired) electrons. The molecule has 0 aromatic carbocycles. The Bertz CT molecular complexity index is 672. The quantitative estimate of drug-likeness (QED) is 0.939. The van der Waals surface area contributed by atoms with Crippen molar-refractivity contribution < 1.29 is 4.79 Å². The molecule has 0 saturated carbocycles. The van der Waals surface area contributed by atoms with Gasteiger partial charge in [-0.15, -0.1) is 11.3 Å². The summed E-state index contributed by atoms with van der Waals surface area (Å²) in [5, 5.41) is 10.5. The lowest BCUT2D eigenvalue weighted by Crippen LogP contribution is -2.45. The minimum Gasteiger partial charge on any atom is -0.330 e. The predicted octanol–water partition coefficient (Wildman–Crippen LogP) is 3.06. The van der Waals surface area contributed by atoms with Crippen molar-refractivity contribution in [1.82, 2.24) is 25.0 Å². The fraction of sp³-hybridized carbons (Fsp3) is 0.562. The Morgan fingerprint density at radius 1 is 1.39 bits per heavy atom. The Morgan fingerprint density at radius 2 is 2.13 bits per heavy atom. The van der Waals surface area contributed by atoms with Gasteiger partial charge in [-0.1, -0.05) is 0 Å². The van der Waals surface area contributed by atoms with E-state index in [4.69, 9.17) is 0 Å². The Labute approximate surface area is 140 Å². The summed E-state index contributed by atoms with van der Waals surface area (Å²) >= 11 is 1.61. The predicted molar refractivity (Wildman–Crippen MR) is 90.6 cm³/mol. The number of carbonyl (C=O) groups is 1. The summed E-state index contributed by atoms with van der Waals surface area (Å²) in [5.74, 6) is 0. The number of nitrogens with zero attached hydrogens (tertiary/aromatic N) is 4. The third-order valence-electron chi connectivity index (χ3n) is 4.28. The van der Waals surface area contributed by atoms with Crippen molar-refractivity contribution in [1.29, 1.82) is 0 Å². The van der Waals surface area contributed by atoms with Crippen LogP contribution >= 0.6 is 11.3 Å². The molecule has 1 saturated heterocycles. The second-order valence-corrected chi connectivity index (χ2v) is 7.24. The normalized spacial score (nSPS) is 17.3. The summed E-state index contributed by atoms with van der Waals surface area (Å²) in [5.41, 5.74) is 2.11. The number of amides is 2. The van der Waals surface area contributed by atoms with Crippen LogP contribution in [0, 0.1) is 13.8 Å². The highest BCUT2D eigenvalue weighted by Crippen LogP contribution is 2.23. The molecule has 0 bridgehead atoms. The maximum absolute atomic E-state index is 12.4. The van der Waals surface area contributed by atoms with Crippen molar-refractivity contribution in [3.8, 4) is 0 Å². The average Bonchev–Trinajstić information content (AvgIpc) is 3.16. The third-order valence-corrected chi connectivity index (χ3v) is 5.07. The first-order chi connectivity index (χ1) is 11.0. The fourth-order valence-electron chi connectivity index (χ4n) is 2.90. The molecule has 7 heteroatoms. The minimum absolute atomic E-state index is 0.00162. The maximum Gasteiger partial charge on any atom is 0.317 e. The molecular weight excluding hydrogens is 310 g/mol. The molecular formula is C16H23N5OS. The van der Waals surface area contributed by atoms with E-state index < -0.39 is 0 Å². The van der Waals surface area contributed by atoms with Crippen molar-refractivity contribution in [2.24, 2.45) is 0 Å². The highest BCUT2D eigenvalue weighted by Gasteiger charge is 2.25. The lowest BCUT2D eigenvalue weighted by atomic mass is 10.1. The molecule has 2 aromatic rings. The molecule has 3 heterocycles.